The van der Waals surface area contributed by atoms with E-state index in [2.05, 4.69) is 56.1 Å². The maximum Gasteiger partial charge on any atom is 0.254 e. The lowest BCUT2D eigenvalue weighted by Crippen LogP contribution is -2.35. The predicted octanol–water partition coefficient (Wildman–Crippen LogP) is 5.77. The van der Waals surface area contributed by atoms with Gasteiger partial charge < -0.3 is 15.5 Å². The van der Waals surface area contributed by atoms with Crippen molar-refractivity contribution in [2.24, 2.45) is 0 Å². The SMILES string of the molecule is CCNCC.O=C(NC1(c2ccc(-c3nn[nH]n3)cc2)CC1)c1cccc2c1N(Cc1ccc(Cl)c(Cl)c1)CC2. The largest absolute Gasteiger partial charge is 0.366 e. The molecule has 0 atom stereocenters. The molecule has 0 bridgehead atoms. The fourth-order valence-corrected chi connectivity index (χ4v) is 5.42. The molecule has 10 heteroatoms. The summed E-state index contributed by atoms with van der Waals surface area (Å²) in [7, 11) is 0. The van der Waals surface area contributed by atoms with Crippen LogP contribution in [-0.4, -0.2) is 46.2 Å². The molecule has 0 saturated heterocycles. The summed E-state index contributed by atoms with van der Waals surface area (Å²) in [5.41, 5.74) is 5.56. The maximum atomic E-state index is 13.6. The predicted molar refractivity (Wildman–Crippen MR) is 160 cm³/mol. The van der Waals surface area contributed by atoms with Gasteiger partial charge in [-0.15, -0.1) is 10.2 Å². The van der Waals surface area contributed by atoms with E-state index in [9.17, 15) is 4.79 Å². The summed E-state index contributed by atoms with van der Waals surface area (Å²) in [4.78, 5) is 15.8. The second kappa shape index (κ2) is 12.4. The molecule has 1 saturated carbocycles. The van der Waals surface area contributed by atoms with Crippen molar-refractivity contribution in [2.75, 3.05) is 24.5 Å². The lowest BCUT2D eigenvalue weighted by Gasteiger charge is -2.24. The van der Waals surface area contributed by atoms with E-state index >= 15 is 0 Å². The Labute approximate surface area is 244 Å². The van der Waals surface area contributed by atoms with Crippen LogP contribution in [0, 0.1) is 0 Å². The molecule has 2 aliphatic rings. The third kappa shape index (κ3) is 6.14. The molecule has 1 aliphatic carbocycles. The number of nitrogens with one attached hydrogen (secondary N) is 3. The van der Waals surface area contributed by atoms with Crippen molar-refractivity contribution in [1.29, 1.82) is 0 Å². The summed E-state index contributed by atoms with van der Waals surface area (Å²) in [5.74, 6) is 0.495. The van der Waals surface area contributed by atoms with Crippen molar-refractivity contribution in [1.82, 2.24) is 31.3 Å². The van der Waals surface area contributed by atoms with Crippen LogP contribution in [0.1, 0.15) is 53.7 Å². The number of anilines is 1. The Balaban J connectivity index is 0.000000595. The smallest absolute Gasteiger partial charge is 0.254 e. The fraction of sp³-hybridized carbons (Fsp3) is 0.333. The first kappa shape index (κ1) is 28.1. The quantitative estimate of drug-likeness (QED) is 0.246. The van der Waals surface area contributed by atoms with Crippen LogP contribution >= 0.6 is 23.2 Å². The maximum absolute atomic E-state index is 13.6. The summed E-state index contributed by atoms with van der Waals surface area (Å²) in [6, 6.07) is 19.7. The van der Waals surface area contributed by atoms with Crippen LogP contribution in [0.5, 0.6) is 0 Å². The number of hydrogen-bond donors (Lipinski definition) is 3. The van der Waals surface area contributed by atoms with Gasteiger partial charge in [-0.3, -0.25) is 4.79 Å². The zero-order valence-electron chi connectivity index (χ0n) is 22.7. The van der Waals surface area contributed by atoms with E-state index in [-0.39, 0.29) is 11.4 Å². The number of carbonyl (C=O) groups excluding carboxylic acids is 1. The molecule has 1 aliphatic heterocycles. The average molecular weight is 579 g/mol. The van der Waals surface area contributed by atoms with Gasteiger partial charge in [-0.25, -0.2) is 0 Å². The highest BCUT2D eigenvalue weighted by Gasteiger charge is 2.46. The van der Waals surface area contributed by atoms with E-state index in [1.807, 2.05) is 54.6 Å². The third-order valence-electron chi connectivity index (χ3n) is 7.33. The number of amides is 1. The van der Waals surface area contributed by atoms with Crippen molar-refractivity contribution < 1.29 is 4.79 Å². The van der Waals surface area contributed by atoms with Crippen molar-refractivity contribution in [3.63, 3.8) is 0 Å². The minimum atomic E-state index is -0.345. The highest BCUT2D eigenvalue weighted by Crippen LogP contribution is 2.46. The van der Waals surface area contributed by atoms with E-state index < -0.39 is 0 Å². The second-order valence-corrected chi connectivity index (χ2v) is 10.9. The summed E-state index contributed by atoms with van der Waals surface area (Å²) in [5, 5.41) is 21.7. The molecule has 1 aromatic heterocycles. The molecule has 0 unspecified atom stereocenters. The topological polar surface area (TPSA) is 98.8 Å². The lowest BCUT2D eigenvalue weighted by atomic mass is 10.0. The van der Waals surface area contributed by atoms with Gasteiger partial charge in [0.15, 0.2) is 0 Å². The van der Waals surface area contributed by atoms with E-state index in [1.54, 1.807) is 0 Å². The Bertz CT molecular complexity index is 1450. The van der Waals surface area contributed by atoms with E-state index in [4.69, 9.17) is 23.2 Å². The van der Waals surface area contributed by atoms with Gasteiger partial charge in [0.25, 0.3) is 5.91 Å². The van der Waals surface area contributed by atoms with Gasteiger partial charge in [0.2, 0.25) is 5.82 Å². The number of aromatic nitrogens is 4. The van der Waals surface area contributed by atoms with Crippen LogP contribution in [0.25, 0.3) is 11.4 Å². The van der Waals surface area contributed by atoms with Crippen molar-refractivity contribution in [3.8, 4) is 11.4 Å². The van der Waals surface area contributed by atoms with Crippen molar-refractivity contribution in [3.05, 3.63) is 93.0 Å². The minimum absolute atomic E-state index is 0.0531. The van der Waals surface area contributed by atoms with Crippen LogP contribution in [0.3, 0.4) is 0 Å². The van der Waals surface area contributed by atoms with Crippen molar-refractivity contribution in [2.45, 2.75) is 45.2 Å². The number of H-pyrrole nitrogens is 1. The van der Waals surface area contributed by atoms with E-state index in [0.717, 1.165) is 61.3 Å². The molecule has 3 aromatic carbocycles. The molecule has 1 fully saturated rings. The number of fused-ring (bicyclic) bond motifs is 1. The molecule has 2 heterocycles. The summed E-state index contributed by atoms with van der Waals surface area (Å²) < 4.78 is 0. The number of para-hydroxylation sites is 1. The number of carbonyl (C=O) groups is 1. The van der Waals surface area contributed by atoms with E-state index in [1.165, 1.54) is 5.56 Å². The number of aromatic amines is 1. The molecule has 6 rings (SSSR count). The highest BCUT2D eigenvalue weighted by molar-refractivity contribution is 6.42. The molecular formula is C30H33Cl2N7O. The number of benzene rings is 3. The first-order valence-corrected chi connectivity index (χ1v) is 14.4. The van der Waals surface area contributed by atoms with Crippen LogP contribution < -0.4 is 15.5 Å². The summed E-state index contributed by atoms with van der Waals surface area (Å²) in [6.45, 7) is 7.90. The van der Waals surface area contributed by atoms with Crippen LogP contribution in [-0.2, 0) is 18.5 Å². The molecule has 3 N–H and O–H groups in total. The Morgan fingerprint density at radius 2 is 1.80 bits per heavy atom. The Morgan fingerprint density at radius 3 is 2.42 bits per heavy atom. The van der Waals surface area contributed by atoms with Gasteiger partial charge >= 0.3 is 0 Å². The summed E-state index contributed by atoms with van der Waals surface area (Å²) in [6.07, 6.45) is 2.71. The van der Waals surface area contributed by atoms with Gasteiger partial charge in [-0.1, -0.05) is 79.5 Å². The standard InChI is InChI=1S/C26H22Cl2N6O.C4H11N/c27-21-9-4-16(14-22(21)28)15-34-13-10-17-2-1-3-20(23(17)34)25(35)29-26(11-12-26)19-7-5-18(6-8-19)24-30-32-33-31-24;1-3-5-4-2/h1-9,14H,10-13,15H2,(H,29,35)(H,30,31,32,33);5H,3-4H2,1-2H3. The Hall–Kier alpha value is -3.46. The van der Waals surface area contributed by atoms with Crippen LogP contribution in [0.2, 0.25) is 10.0 Å². The molecule has 8 nitrogen and oxygen atoms in total. The molecule has 1 amide bonds. The van der Waals surface area contributed by atoms with Gasteiger partial charge in [0, 0.05) is 18.7 Å². The first-order valence-electron chi connectivity index (χ1n) is 13.6. The monoisotopic (exact) mass is 577 g/mol. The highest BCUT2D eigenvalue weighted by atomic mass is 35.5. The van der Waals surface area contributed by atoms with Gasteiger partial charge in [-0.05, 0) is 72.5 Å². The Kier molecular flexibility index (Phi) is 8.69. The summed E-state index contributed by atoms with van der Waals surface area (Å²) >= 11 is 12.3. The van der Waals surface area contributed by atoms with Gasteiger partial charge in [0.05, 0.1) is 26.8 Å². The number of nitrogens with zero attached hydrogens (tertiary/aromatic N) is 4. The third-order valence-corrected chi connectivity index (χ3v) is 8.07. The van der Waals surface area contributed by atoms with Gasteiger partial charge in [0.1, 0.15) is 0 Å². The van der Waals surface area contributed by atoms with Crippen LogP contribution in [0.4, 0.5) is 5.69 Å². The second-order valence-electron chi connectivity index (χ2n) is 10.0. The molecular weight excluding hydrogens is 545 g/mol. The molecule has 4 aromatic rings. The molecule has 0 radical (unpaired) electrons. The first-order chi connectivity index (χ1) is 19.4. The lowest BCUT2D eigenvalue weighted by molar-refractivity contribution is 0.0931. The zero-order chi connectivity index (χ0) is 28.1. The molecule has 208 valence electrons. The minimum Gasteiger partial charge on any atom is -0.366 e. The number of tetrazole rings is 1. The number of rotatable bonds is 8. The number of hydrogen-bond acceptors (Lipinski definition) is 6. The number of halogens is 2. The Morgan fingerprint density at radius 1 is 1.02 bits per heavy atom. The zero-order valence-corrected chi connectivity index (χ0v) is 24.2. The molecule has 40 heavy (non-hydrogen) atoms. The van der Waals surface area contributed by atoms with Crippen LogP contribution in [0.15, 0.2) is 60.7 Å². The van der Waals surface area contributed by atoms with Crippen molar-refractivity contribution >= 4 is 34.8 Å². The van der Waals surface area contributed by atoms with E-state index in [0.29, 0.717) is 28.0 Å². The van der Waals surface area contributed by atoms with Gasteiger partial charge in [-0.2, -0.15) is 5.21 Å². The average Bonchev–Trinajstić information content (AvgIpc) is 3.34. The normalized spacial score (nSPS) is 14.8. The fourth-order valence-electron chi connectivity index (χ4n) is 5.10. The molecule has 0 spiro atoms.